The van der Waals surface area contributed by atoms with Gasteiger partial charge in [-0.1, -0.05) is 11.6 Å². The third-order valence-corrected chi connectivity index (χ3v) is 1.88. The van der Waals surface area contributed by atoms with E-state index in [0.29, 0.717) is 4.47 Å². The first-order chi connectivity index (χ1) is 5.11. The first-order valence-electron chi connectivity index (χ1n) is 2.63. The van der Waals surface area contributed by atoms with Crippen LogP contribution in [0.1, 0.15) is 10.4 Å². The van der Waals surface area contributed by atoms with Gasteiger partial charge in [-0.2, -0.15) is 0 Å². The first kappa shape index (κ1) is 8.49. The summed E-state index contributed by atoms with van der Waals surface area (Å²) in [5, 5.41) is 10.5. The predicted molar refractivity (Wildman–Crippen MR) is 41.3 cm³/mol. The average Bonchev–Trinajstić information content (AvgIpc) is 1.94. The van der Waals surface area contributed by atoms with E-state index in [4.69, 9.17) is 11.6 Å². The van der Waals surface area contributed by atoms with Gasteiger partial charge in [-0.05, 0) is 22.0 Å². The molecular weight excluding hydrogens is 233 g/mol. The maximum Gasteiger partial charge on any atom is 0.129 e. The van der Waals surface area contributed by atoms with E-state index >= 15 is 0 Å². The van der Waals surface area contributed by atoms with Crippen molar-refractivity contribution < 1.29 is 9.90 Å². The van der Waals surface area contributed by atoms with Gasteiger partial charge in [0.2, 0.25) is 0 Å². The van der Waals surface area contributed by atoms with Crippen molar-refractivity contribution in [3.05, 3.63) is 27.5 Å². The molecule has 0 saturated heterocycles. The lowest BCUT2D eigenvalue weighted by atomic mass is 10.3. The summed E-state index contributed by atoms with van der Waals surface area (Å²) in [6.45, 7) is 0. The number of carbonyl (C=O) groups is 1. The third-order valence-electron chi connectivity index (χ3n) is 1.04. The number of halogens is 2. The smallest absolute Gasteiger partial charge is 0.129 e. The quantitative estimate of drug-likeness (QED) is 0.679. The standard InChI is InChI=1S/C6H3BrClNO2/c7-4-2-9-5(8)1-3(4)6(10)11/h1-2H,(H,10,11)/p-1. The second-order valence-corrected chi connectivity index (χ2v) is 3.02. The van der Waals surface area contributed by atoms with Crippen molar-refractivity contribution in [2.75, 3.05) is 0 Å². The molecule has 0 aliphatic carbocycles. The van der Waals surface area contributed by atoms with Crippen molar-refractivity contribution in [1.29, 1.82) is 0 Å². The average molecular weight is 235 g/mol. The molecule has 0 unspecified atom stereocenters. The number of aromatic nitrogens is 1. The Bertz CT molecular complexity index is 303. The van der Waals surface area contributed by atoms with Crippen molar-refractivity contribution in [3.63, 3.8) is 0 Å². The number of carbonyl (C=O) groups excluding carboxylic acids is 1. The summed E-state index contributed by atoms with van der Waals surface area (Å²) in [5.74, 6) is -1.28. The molecule has 11 heavy (non-hydrogen) atoms. The van der Waals surface area contributed by atoms with Crippen LogP contribution in [0.25, 0.3) is 0 Å². The van der Waals surface area contributed by atoms with Crippen LogP contribution >= 0.6 is 27.5 Å². The molecule has 0 aromatic carbocycles. The van der Waals surface area contributed by atoms with Gasteiger partial charge in [0.05, 0.1) is 5.97 Å². The monoisotopic (exact) mass is 234 g/mol. The minimum absolute atomic E-state index is 0.00463. The molecule has 0 aliphatic rings. The Hall–Kier alpha value is -0.610. The number of aromatic carboxylic acids is 1. The van der Waals surface area contributed by atoms with E-state index in [9.17, 15) is 9.90 Å². The van der Waals surface area contributed by atoms with Crippen LogP contribution in [0.15, 0.2) is 16.7 Å². The van der Waals surface area contributed by atoms with Gasteiger partial charge in [0.1, 0.15) is 5.15 Å². The zero-order valence-electron chi connectivity index (χ0n) is 5.17. The summed E-state index contributed by atoms with van der Waals surface area (Å²) in [7, 11) is 0. The first-order valence-corrected chi connectivity index (χ1v) is 3.81. The van der Waals surface area contributed by atoms with Crippen LogP contribution in [0.4, 0.5) is 0 Å². The topological polar surface area (TPSA) is 53.0 Å². The Kier molecular flexibility index (Phi) is 2.46. The molecule has 0 atom stereocenters. The normalized spacial score (nSPS) is 9.64. The molecule has 0 fully saturated rings. The van der Waals surface area contributed by atoms with E-state index in [1.54, 1.807) is 0 Å². The highest BCUT2D eigenvalue weighted by Crippen LogP contribution is 2.17. The zero-order chi connectivity index (χ0) is 8.43. The lowest BCUT2D eigenvalue weighted by molar-refractivity contribution is -0.255. The zero-order valence-corrected chi connectivity index (χ0v) is 7.52. The minimum atomic E-state index is -1.28. The van der Waals surface area contributed by atoms with Gasteiger partial charge in [0.15, 0.2) is 0 Å². The van der Waals surface area contributed by atoms with Crippen molar-refractivity contribution in [1.82, 2.24) is 4.98 Å². The summed E-state index contributed by atoms with van der Waals surface area (Å²) in [5.41, 5.74) is 0.00463. The van der Waals surface area contributed by atoms with Gasteiger partial charge in [-0.15, -0.1) is 0 Å². The molecule has 5 heteroatoms. The maximum atomic E-state index is 10.3. The Morgan fingerprint density at radius 1 is 1.73 bits per heavy atom. The largest absolute Gasteiger partial charge is 0.545 e. The summed E-state index contributed by atoms with van der Waals surface area (Å²) >= 11 is 8.43. The van der Waals surface area contributed by atoms with E-state index in [2.05, 4.69) is 20.9 Å². The number of rotatable bonds is 1. The second kappa shape index (κ2) is 3.19. The highest BCUT2D eigenvalue weighted by molar-refractivity contribution is 9.10. The van der Waals surface area contributed by atoms with Crippen LogP contribution in [-0.4, -0.2) is 11.0 Å². The van der Waals surface area contributed by atoms with Gasteiger partial charge in [0.25, 0.3) is 0 Å². The molecule has 0 aliphatic heterocycles. The van der Waals surface area contributed by atoms with E-state index in [1.807, 2.05) is 0 Å². The predicted octanol–water partition coefficient (Wildman–Crippen LogP) is 0.861. The fraction of sp³-hybridized carbons (Fsp3) is 0. The molecule has 1 aromatic rings. The van der Waals surface area contributed by atoms with Gasteiger partial charge in [-0.25, -0.2) is 4.98 Å². The Balaban J connectivity index is 3.23. The summed E-state index contributed by atoms with van der Waals surface area (Å²) < 4.78 is 0.363. The SMILES string of the molecule is O=C([O-])c1cc(Cl)ncc1Br. The van der Waals surface area contributed by atoms with Gasteiger partial charge < -0.3 is 9.90 Å². The molecule has 1 heterocycles. The Labute approximate surface area is 76.1 Å². The molecule has 0 bridgehead atoms. The third kappa shape index (κ3) is 1.91. The highest BCUT2D eigenvalue weighted by Gasteiger charge is 2.01. The molecule has 0 N–H and O–H groups in total. The highest BCUT2D eigenvalue weighted by atomic mass is 79.9. The van der Waals surface area contributed by atoms with Crippen LogP contribution in [-0.2, 0) is 0 Å². The van der Waals surface area contributed by atoms with Crippen LogP contribution in [0, 0.1) is 0 Å². The number of hydrogen-bond donors (Lipinski definition) is 0. The van der Waals surface area contributed by atoms with E-state index in [0.717, 1.165) is 0 Å². The lowest BCUT2D eigenvalue weighted by Crippen LogP contribution is -2.22. The van der Waals surface area contributed by atoms with Crippen molar-refractivity contribution >= 4 is 33.5 Å². The summed E-state index contributed by atoms with van der Waals surface area (Å²) in [4.78, 5) is 14.0. The molecule has 1 aromatic heterocycles. The van der Waals surface area contributed by atoms with Crippen LogP contribution in [0.5, 0.6) is 0 Å². The molecule has 0 amide bonds. The second-order valence-electron chi connectivity index (χ2n) is 1.77. The number of hydrogen-bond acceptors (Lipinski definition) is 3. The fourth-order valence-corrected chi connectivity index (χ4v) is 1.11. The lowest BCUT2D eigenvalue weighted by Gasteiger charge is -2.03. The van der Waals surface area contributed by atoms with Crippen molar-refractivity contribution in [2.45, 2.75) is 0 Å². The molecule has 58 valence electrons. The minimum Gasteiger partial charge on any atom is -0.545 e. The van der Waals surface area contributed by atoms with Crippen molar-refractivity contribution in [2.24, 2.45) is 0 Å². The molecule has 0 radical (unpaired) electrons. The number of pyridine rings is 1. The van der Waals surface area contributed by atoms with Crippen LogP contribution in [0.2, 0.25) is 5.15 Å². The fourth-order valence-electron chi connectivity index (χ4n) is 0.570. The summed E-state index contributed by atoms with van der Waals surface area (Å²) in [6, 6.07) is 1.22. The maximum absolute atomic E-state index is 10.3. The van der Waals surface area contributed by atoms with Crippen LogP contribution in [0.3, 0.4) is 0 Å². The van der Waals surface area contributed by atoms with Crippen molar-refractivity contribution in [3.8, 4) is 0 Å². The van der Waals surface area contributed by atoms with E-state index in [-0.39, 0.29) is 10.7 Å². The molecule has 0 spiro atoms. The van der Waals surface area contributed by atoms with E-state index < -0.39 is 5.97 Å². The number of carboxylic acid groups (broad SMARTS) is 1. The van der Waals surface area contributed by atoms with Gasteiger partial charge in [0, 0.05) is 16.2 Å². The Morgan fingerprint density at radius 3 is 2.82 bits per heavy atom. The van der Waals surface area contributed by atoms with Gasteiger partial charge in [-0.3, -0.25) is 0 Å². The summed E-state index contributed by atoms with van der Waals surface area (Å²) in [6.07, 6.45) is 1.31. The molecule has 3 nitrogen and oxygen atoms in total. The number of nitrogens with zero attached hydrogens (tertiary/aromatic N) is 1. The molecule has 1 rings (SSSR count). The number of carboxylic acids is 1. The van der Waals surface area contributed by atoms with Crippen LogP contribution < -0.4 is 5.11 Å². The van der Waals surface area contributed by atoms with Gasteiger partial charge >= 0.3 is 0 Å². The Morgan fingerprint density at radius 2 is 2.36 bits per heavy atom. The molecule has 0 saturated carbocycles. The molecular formula is C6H2BrClNO2-. The van der Waals surface area contributed by atoms with E-state index in [1.165, 1.54) is 12.3 Å².